The zero-order valence-corrected chi connectivity index (χ0v) is 11.5. The number of para-hydroxylation sites is 1. The van der Waals surface area contributed by atoms with Crippen LogP contribution in [0.2, 0.25) is 5.02 Å². The van der Waals surface area contributed by atoms with Gasteiger partial charge in [0.15, 0.2) is 0 Å². The molecule has 1 heterocycles. The molecule has 98 valence electrons. The van der Waals surface area contributed by atoms with Crippen molar-refractivity contribution in [3.05, 3.63) is 58.6 Å². The topological polar surface area (TPSA) is 24.1 Å². The average molecular weight is 273 g/mol. The van der Waals surface area contributed by atoms with Gasteiger partial charge < -0.3 is 10.6 Å². The Balaban J connectivity index is 1.77. The number of hydrogen-bond acceptors (Lipinski definition) is 2. The van der Waals surface area contributed by atoms with Crippen LogP contribution in [0.3, 0.4) is 0 Å². The predicted molar refractivity (Wildman–Crippen MR) is 82.0 cm³/mol. The molecule has 0 bridgehead atoms. The number of nitrogens with one attached hydrogen (secondary N) is 2. The molecule has 1 aliphatic heterocycles. The lowest BCUT2D eigenvalue weighted by molar-refractivity contribution is 0.825. The minimum Gasteiger partial charge on any atom is -0.385 e. The molecule has 0 amide bonds. The molecule has 0 unspecified atom stereocenters. The lowest BCUT2D eigenvalue weighted by atomic mass is 9.99. The third kappa shape index (κ3) is 2.85. The van der Waals surface area contributed by atoms with Crippen molar-refractivity contribution in [3.63, 3.8) is 0 Å². The van der Waals surface area contributed by atoms with E-state index in [4.69, 9.17) is 11.6 Å². The number of benzene rings is 2. The van der Waals surface area contributed by atoms with Crippen molar-refractivity contribution in [1.82, 2.24) is 0 Å². The van der Waals surface area contributed by atoms with Crippen LogP contribution in [-0.2, 0) is 13.0 Å². The van der Waals surface area contributed by atoms with Crippen molar-refractivity contribution < 1.29 is 0 Å². The summed E-state index contributed by atoms with van der Waals surface area (Å²) < 4.78 is 0. The van der Waals surface area contributed by atoms with Gasteiger partial charge in [0.1, 0.15) is 0 Å². The smallest absolute Gasteiger partial charge is 0.0426 e. The summed E-state index contributed by atoms with van der Waals surface area (Å²) in [5, 5.41) is 7.70. The maximum Gasteiger partial charge on any atom is 0.0426 e. The van der Waals surface area contributed by atoms with Crippen LogP contribution in [0, 0.1) is 0 Å². The van der Waals surface area contributed by atoms with Crippen LogP contribution in [0.25, 0.3) is 0 Å². The summed E-state index contributed by atoms with van der Waals surface area (Å²) in [5.41, 5.74) is 5.11. The van der Waals surface area contributed by atoms with E-state index in [-0.39, 0.29) is 0 Å². The minimum absolute atomic E-state index is 0.762. The first-order chi connectivity index (χ1) is 9.33. The van der Waals surface area contributed by atoms with Crippen molar-refractivity contribution in [2.45, 2.75) is 19.4 Å². The van der Waals surface area contributed by atoms with Crippen molar-refractivity contribution in [2.24, 2.45) is 0 Å². The largest absolute Gasteiger partial charge is 0.385 e. The molecule has 0 spiro atoms. The van der Waals surface area contributed by atoms with Gasteiger partial charge in [0, 0.05) is 29.5 Å². The van der Waals surface area contributed by atoms with Crippen LogP contribution < -0.4 is 10.6 Å². The standard InChI is InChI=1S/C16H17ClN2/c17-14-7-2-8-15(10-14)19-11-13-5-1-4-12-6-3-9-18-16(12)13/h1-2,4-5,7-8,10,18-19H,3,6,9,11H2. The molecule has 2 aromatic carbocycles. The first kappa shape index (κ1) is 12.4. The normalized spacial score (nSPS) is 13.5. The van der Waals surface area contributed by atoms with Crippen LogP contribution in [0.15, 0.2) is 42.5 Å². The van der Waals surface area contributed by atoms with Crippen LogP contribution in [-0.4, -0.2) is 6.54 Å². The molecule has 19 heavy (non-hydrogen) atoms. The summed E-state index contributed by atoms with van der Waals surface area (Å²) in [4.78, 5) is 0. The van der Waals surface area contributed by atoms with Crippen molar-refractivity contribution in [3.8, 4) is 0 Å². The Morgan fingerprint density at radius 2 is 2.05 bits per heavy atom. The fourth-order valence-electron chi connectivity index (χ4n) is 2.52. The first-order valence-corrected chi connectivity index (χ1v) is 7.05. The molecule has 3 heteroatoms. The lowest BCUT2D eigenvalue weighted by Crippen LogP contribution is -2.14. The predicted octanol–water partition coefficient (Wildman–Crippen LogP) is 4.31. The van der Waals surface area contributed by atoms with Crippen LogP contribution in [0.5, 0.6) is 0 Å². The van der Waals surface area contributed by atoms with E-state index in [1.807, 2.05) is 24.3 Å². The van der Waals surface area contributed by atoms with E-state index in [0.29, 0.717) is 0 Å². The van der Waals surface area contributed by atoms with Crippen molar-refractivity contribution >= 4 is 23.0 Å². The van der Waals surface area contributed by atoms with Gasteiger partial charge >= 0.3 is 0 Å². The number of halogens is 1. The van der Waals surface area contributed by atoms with Crippen LogP contribution >= 0.6 is 11.6 Å². The molecule has 0 radical (unpaired) electrons. The quantitative estimate of drug-likeness (QED) is 0.870. The van der Waals surface area contributed by atoms with Crippen molar-refractivity contribution in [1.29, 1.82) is 0 Å². The first-order valence-electron chi connectivity index (χ1n) is 6.67. The maximum atomic E-state index is 5.99. The lowest BCUT2D eigenvalue weighted by Gasteiger charge is -2.21. The van der Waals surface area contributed by atoms with E-state index in [9.17, 15) is 0 Å². The third-order valence-corrected chi connectivity index (χ3v) is 3.70. The molecule has 0 aliphatic carbocycles. The molecule has 0 saturated carbocycles. The summed E-state index contributed by atoms with van der Waals surface area (Å²) in [5.74, 6) is 0. The third-order valence-electron chi connectivity index (χ3n) is 3.47. The molecule has 2 nitrogen and oxygen atoms in total. The molecule has 0 aromatic heterocycles. The zero-order valence-electron chi connectivity index (χ0n) is 10.7. The second kappa shape index (κ2) is 5.54. The summed E-state index contributed by atoms with van der Waals surface area (Å²) in [6, 6.07) is 14.4. The average Bonchev–Trinajstić information content (AvgIpc) is 2.45. The summed E-state index contributed by atoms with van der Waals surface area (Å²) in [6.07, 6.45) is 2.39. The number of anilines is 2. The number of aryl methyl sites for hydroxylation is 1. The Hall–Kier alpha value is -1.67. The Labute approximate surface area is 118 Å². The van der Waals surface area contributed by atoms with Crippen LogP contribution in [0.1, 0.15) is 17.5 Å². The molecule has 0 atom stereocenters. The van der Waals surface area contributed by atoms with E-state index < -0.39 is 0 Å². The van der Waals surface area contributed by atoms with Gasteiger partial charge in [0.2, 0.25) is 0 Å². The molecule has 0 fully saturated rings. The number of fused-ring (bicyclic) bond motifs is 1. The molecular formula is C16H17ClN2. The second-order valence-corrected chi connectivity index (χ2v) is 5.28. The molecule has 2 aromatic rings. The van der Waals surface area contributed by atoms with E-state index in [0.717, 1.165) is 23.8 Å². The zero-order chi connectivity index (χ0) is 13.1. The van der Waals surface area contributed by atoms with E-state index in [1.54, 1.807) is 0 Å². The van der Waals surface area contributed by atoms with Gasteiger partial charge in [-0.1, -0.05) is 35.9 Å². The summed E-state index contributed by atoms with van der Waals surface area (Å²) >= 11 is 5.99. The van der Waals surface area contributed by atoms with Gasteiger partial charge in [-0.3, -0.25) is 0 Å². The monoisotopic (exact) mass is 272 g/mol. The Morgan fingerprint density at radius 1 is 1.16 bits per heavy atom. The van der Waals surface area contributed by atoms with E-state index in [1.165, 1.54) is 29.7 Å². The Bertz CT molecular complexity index is 581. The molecule has 1 aliphatic rings. The molecule has 2 N–H and O–H groups in total. The number of hydrogen-bond donors (Lipinski definition) is 2. The van der Waals surface area contributed by atoms with Gasteiger partial charge in [-0.15, -0.1) is 0 Å². The van der Waals surface area contributed by atoms with E-state index >= 15 is 0 Å². The van der Waals surface area contributed by atoms with Crippen LogP contribution in [0.4, 0.5) is 11.4 Å². The maximum absolute atomic E-state index is 5.99. The number of rotatable bonds is 3. The highest BCUT2D eigenvalue weighted by molar-refractivity contribution is 6.30. The highest BCUT2D eigenvalue weighted by Crippen LogP contribution is 2.27. The highest BCUT2D eigenvalue weighted by atomic mass is 35.5. The van der Waals surface area contributed by atoms with Gasteiger partial charge in [0.25, 0.3) is 0 Å². The summed E-state index contributed by atoms with van der Waals surface area (Å²) in [7, 11) is 0. The molecule has 3 rings (SSSR count). The van der Waals surface area contributed by atoms with Gasteiger partial charge in [-0.25, -0.2) is 0 Å². The Kier molecular flexibility index (Phi) is 3.60. The molecular weight excluding hydrogens is 256 g/mol. The van der Waals surface area contributed by atoms with Crippen molar-refractivity contribution in [2.75, 3.05) is 17.2 Å². The van der Waals surface area contributed by atoms with Gasteiger partial charge in [0.05, 0.1) is 0 Å². The SMILES string of the molecule is Clc1cccc(NCc2cccc3c2NCCC3)c1. The fourth-order valence-corrected chi connectivity index (χ4v) is 2.71. The summed E-state index contributed by atoms with van der Waals surface area (Å²) in [6.45, 7) is 1.89. The molecule has 0 saturated heterocycles. The van der Waals surface area contributed by atoms with E-state index in [2.05, 4.69) is 28.8 Å². The second-order valence-electron chi connectivity index (χ2n) is 4.85. The fraction of sp³-hybridized carbons (Fsp3) is 0.250. The highest BCUT2D eigenvalue weighted by Gasteiger charge is 2.11. The Morgan fingerprint density at radius 3 is 2.95 bits per heavy atom. The van der Waals surface area contributed by atoms with Gasteiger partial charge in [-0.05, 0) is 42.2 Å². The minimum atomic E-state index is 0.762. The van der Waals surface area contributed by atoms with Gasteiger partial charge in [-0.2, -0.15) is 0 Å².